The summed E-state index contributed by atoms with van der Waals surface area (Å²) in [5.74, 6) is 1.33. The lowest BCUT2D eigenvalue weighted by atomic mass is 10.0. The SMILES string of the molecule is CCC(CC)C(=O)NCc1cccnc1N1CCCCC1. The van der Waals surface area contributed by atoms with E-state index in [0.29, 0.717) is 6.54 Å². The number of amides is 1. The molecule has 1 fully saturated rings. The van der Waals surface area contributed by atoms with E-state index >= 15 is 0 Å². The van der Waals surface area contributed by atoms with E-state index in [1.165, 1.54) is 19.3 Å². The average Bonchev–Trinajstić information content (AvgIpc) is 2.55. The van der Waals surface area contributed by atoms with Crippen LogP contribution in [0.25, 0.3) is 0 Å². The zero-order chi connectivity index (χ0) is 15.1. The van der Waals surface area contributed by atoms with E-state index in [1.807, 2.05) is 12.3 Å². The molecule has 1 aromatic heterocycles. The highest BCUT2D eigenvalue weighted by Gasteiger charge is 2.17. The van der Waals surface area contributed by atoms with Gasteiger partial charge in [0.2, 0.25) is 5.91 Å². The Bertz CT molecular complexity index is 451. The molecule has 0 aliphatic carbocycles. The van der Waals surface area contributed by atoms with Crippen molar-refractivity contribution in [2.45, 2.75) is 52.5 Å². The molecule has 0 radical (unpaired) electrons. The summed E-state index contributed by atoms with van der Waals surface area (Å²) in [5.41, 5.74) is 1.12. The fraction of sp³-hybridized carbons (Fsp3) is 0.647. The first-order valence-corrected chi connectivity index (χ1v) is 8.22. The van der Waals surface area contributed by atoms with Crippen LogP contribution in [0.4, 0.5) is 5.82 Å². The second kappa shape index (κ2) is 8.01. The molecule has 4 nitrogen and oxygen atoms in total. The van der Waals surface area contributed by atoms with Crippen molar-refractivity contribution in [2.24, 2.45) is 5.92 Å². The van der Waals surface area contributed by atoms with E-state index < -0.39 is 0 Å². The van der Waals surface area contributed by atoms with Gasteiger partial charge in [-0.15, -0.1) is 0 Å². The summed E-state index contributed by atoms with van der Waals surface area (Å²) in [5, 5.41) is 3.07. The minimum Gasteiger partial charge on any atom is -0.356 e. The topological polar surface area (TPSA) is 45.2 Å². The zero-order valence-electron chi connectivity index (χ0n) is 13.3. The van der Waals surface area contributed by atoms with Gasteiger partial charge in [0.15, 0.2) is 0 Å². The van der Waals surface area contributed by atoms with Crippen molar-refractivity contribution in [1.82, 2.24) is 10.3 Å². The van der Waals surface area contributed by atoms with Crippen LogP contribution in [0.5, 0.6) is 0 Å². The highest BCUT2D eigenvalue weighted by atomic mass is 16.1. The second-order valence-corrected chi connectivity index (χ2v) is 5.77. The lowest BCUT2D eigenvalue weighted by Gasteiger charge is -2.29. The summed E-state index contributed by atoms with van der Waals surface area (Å²) in [6.07, 6.45) is 7.41. The van der Waals surface area contributed by atoms with Gasteiger partial charge in [-0.2, -0.15) is 0 Å². The Labute approximate surface area is 127 Å². The minimum atomic E-state index is 0.125. The molecule has 2 rings (SSSR count). The minimum absolute atomic E-state index is 0.125. The van der Waals surface area contributed by atoms with E-state index in [-0.39, 0.29) is 11.8 Å². The molecule has 0 aromatic carbocycles. The van der Waals surface area contributed by atoms with Crippen LogP contribution in [0, 0.1) is 5.92 Å². The van der Waals surface area contributed by atoms with Crippen LogP contribution < -0.4 is 10.2 Å². The van der Waals surface area contributed by atoms with Crippen LogP contribution >= 0.6 is 0 Å². The number of rotatable bonds is 6. The van der Waals surface area contributed by atoms with Gasteiger partial charge in [-0.1, -0.05) is 19.9 Å². The molecule has 0 bridgehead atoms. The fourth-order valence-electron chi connectivity index (χ4n) is 2.94. The Morgan fingerprint density at radius 1 is 1.29 bits per heavy atom. The molecule has 1 aliphatic rings. The second-order valence-electron chi connectivity index (χ2n) is 5.77. The predicted molar refractivity (Wildman–Crippen MR) is 86.2 cm³/mol. The summed E-state index contributed by atoms with van der Waals surface area (Å²) in [6, 6.07) is 4.02. The van der Waals surface area contributed by atoms with Crippen LogP contribution in [0.2, 0.25) is 0 Å². The van der Waals surface area contributed by atoms with Gasteiger partial charge < -0.3 is 10.2 Å². The number of anilines is 1. The number of nitrogens with one attached hydrogen (secondary N) is 1. The third-order valence-corrected chi connectivity index (χ3v) is 4.33. The highest BCUT2D eigenvalue weighted by molar-refractivity contribution is 5.78. The molecule has 1 amide bonds. The first kappa shape index (κ1) is 15.8. The first-order chi connectivity index (χ1) is 10.3. The summed E-state index contributed by atoms with van der Waals surface area (Å²) >= 11 is 0. The number of nitrogens with zero attached hydrogens (tertiary/aromatic N) is 2. The van der Waals surface area contributed by atoms with E-state index in [2.05, 4.69) is 35.1 Å². The maximum absolute atomic E-state index is 12.1. The van der Waals surface area contributed by atoms with Gasteiger partial charge in [0, 0.05) is 37.3 Å². The third-order valence-electron chi connectivity index (χ3n) is 4.33. The molecule has 21 heavy (non-hydrogen) atoms. The largest absolute Gasteiger partial charge is 0.356 e. The molecule has 1 N–H and O–H groups in total. The number of carbonyl (C=O) groups is 1. The molecule has 116 valence electrons. The van der Waals surface area contributed by atoms with Gasteiger partial charge in [-0.25, -0.2) is 4.98 Å². The molecule has 4 heteroatoms. The van der Waals surface area contributed by atoms with E-state index in [4.69, 9.17) is 0 Å². The zero-order valence-corrected chi connectivity index (χ0v) is 13.3. The summed E-state index contributed by atoms with van der Waals surface area (Å²) in [4.78, 5) is 19.0. The smallest absolute Gasteiger partial charge is 0.223 e. The van der Waals surface area contributed by atoms with Crippen molar-refractivity contribution < 1.29 is 4.79 Å². The summed E-state index contributed by atoms with van der Waals surface area (Å²) in [6.45, 7) is 6.86. The number of piperidine rings is 1. The Kier molecular flexibility index (Phi) is 6.03. The molecule has 0 unspecified atom stereocenters. The van der Waals surface area contributed by atoms with Crippen LogP contribution in [-0.2, 0) is 11.3 Å². The fourth-order valence-corrected chi connectivity index (χ4v) is 2.94. The summed E-state index contributed by atoms with van der Waals surface area (Å²) in [7, 11) is 0. The maximum Gasteiger partial charge on any atom is 0.223 e. The van der Waals surface area contributed by atoms with Crippen LogP contribution in [0.1, 0.15) is 51.5 Å². The van der Waals surface area contributed by atoms with Gasteiger partial charge in [0.05, 0.1) is 0 Å². The van der Waals surface area contributed by atoms with Crippen molar-refractivity contribution in [2.75, 3.05) is 18.0 Å². The molecule has 2 heterocycles. The standard InChI is InChI=1S/C17H27N3O/c1-3-14(4-2)17(21)19-13-15-9-8-10-18-16(15)20-11-6-5-7-12-20/h8-10,14H,3-7,11-13H2,1-2H3,(H,19,21). The molecule has 0 saturated carbocycles. The van der Waals surface area contributed by atoms with Crippen molar-refractivity contribution in [3.05, 3.63) is 23.9 Å². The van der Waals surface area contributed by atoms with Crippen LogP contribution in [-0.4, -0.2) is 24.0 Å². The molecule has 0 spiro atoms. The van der Waals surface area contributed by atoms with Gasteiger partial charge in [0.1, 0.15) is 5.82 Å². The average molecular weight is 289 g/mol. The van der Waals surface area contributed by atoms with E-state index in [0.717, 1.165) is 37.3 Å². The van der Waals surface area contributed by atoms with Gasteiger partial charge in [-0.05, 0) is 38.2 Å². The van der Waals surface area contributed by atoms with E-state index in [1.54, 1.807) is 0 Å². The number of hydrogen-bond donors (Lipinski definition) is 1. The lowest BCUT2D eigenvalue weighted by Crippen LogP contribution is -2.33. The van der Waals surface area contributed by atoms with Gasteiger partial charge >= 0.3 is 0 Å². The molecule has 1 aromatic rings. The monoisotopic (exact) mass is 289 g/mol. The third kappa shape index (κ3) is 4.19. The number of pyridine rings is 1. The number of carbonyl (C=O) groups excluding carboxylic acids is 1. The Balaban J connectivity index is 2.01. The molecular formula is C17H27N3O. The summed E-state index contributed by atoms with van der Waals surface area (Å²) < 4.78 is 0. The quantitative estimate of drug-likeness (QED) is 0.875. The number of aromatic nitrogens is 1. The number of hydrogen-bond acceptors (Lipinski definition) is 3. The molecular weight excluding hydrogens is 262 g/mol. The first-order valence-electron chi connectivity index (χ1n) is 8.22. The van der Waals surface area contributed by atoms with Crippen molar-refractivity contribution in [3.63, 3.8) is 0 Å². The molecule has 1 aliphatic heterocycles. The maximum atomic E-state index is 12.1. The Morgan fingerprint density at radius 3 is 2.67 bits per heavy atom. The van der Waals surface area contributed by atoms with Gasteiger partial charge in [-0.3, -0.25) is 4.79 Å². The van der Waals surface area contributed by atoms with Crippen molar-refractivity contribution in [3.8, 4) is 0 Å². The Hall–Kier alpha value is -1.58. The van der Waals surface area contributed by atoms with Crippen molar-refractivity contribution >= 4 is 11.7 Å². The van der Waals surface area contributed by atoms with E-state index in [9.17, 15) is 4.79 Å². The highest BCUT2D eigenvalue weighted by Crippen LogP contribution is 2.21. The Morgan fingerprint density at radius 2 is 2.00 bits per heavy atom. The predicted octanol–water partition coefficient (Wildman–Crippen LogP) is 3.12. The normalized spacial score (nSPS) is 15.3. The molecule has 0 atom stereocenters. The lowest BCUT2D eigenvalue weighted by molar-refractivity contribution is -0.125. The van der Waals surface area contributed by atoms with Crippen molar-refractivity contribution in [1.29, 1.82) is 0 Å². The molecule has 1 saturated heterocycles. The van der Waals surface area contributed by atoms with Crippen LogP contribution in [0.3, 0.4) is 0 Å². The van der Waals surface area contributed by atoms with Crippen LogP contribution in [0.15, 0.2) is 18.3 Å². The van der Waals surface area contributed by atoms with Gasteiger partial charge in [0.25, 0.3) is 0 Å².